The molecule has 0 saturated carbocycles. The minimum atomic E-state index is 0.587. The number of nitrogens with two attached hydrogens (primary N) is 1. The summed E-state index contributed by atoms with van der Waals surface area (Å²) in [4.78, 5) is 3.24. The molecule has 0 bridgehead atoms. The van der Waals surface area contributed by atoms with Gasteiger partial charge in [0.1, 0.15) is 0 Å². The molecule has 0 amide bonds. The Hall–Kier alpha value is -1.96. The minimum absolute atomic E-state index is 0.587. The lowest BCUT2D eigenvalue weighted by Gasteiger charge is -2.01. The van der Waals surface area contributed by atoms with E-state index >= 15 is 0 Å². The van der Waals surface area contributed by atoms with Gasteiger partial charge < -0.3 is 10.7 Å². The summed E-state index contributed by atoms with van der Waals surface area (Å²) in [6, 6.07) is 2.09. The fourth-order valence-corrected chi connectivity index (χ4v) is 1.95. The number of rotatable bonds is 2. The average Bonchev–Trinajstić information content (AvgIpc) is 2.57. The zero-order chi connectivity index (χ0) is 11.5. The van der Waals surface area contributed by atoms with Crippen LogP contribution in [0.25, 0.3) is 11.6 Å². The maximum atomic E-state index is 5.61. The molecule has 2 rings (SSSR count). The lowest BCUT2D eigenvalue weighted by molar-refractivity contribution is 1.29. The zero-order valence-electron chi connectivity index (χ0n) is 9.46. The van der Waals surface area contributed by atoms with E-state index in [0.717, 1.165) is 12.0 Å². The first-order valence-corrected chi connectivity index (χ1v) is 5.36. The molecule has 1 aromatic rings. The lowest BCUT2D eigenvalue weighted by atomic mass is 10.0. The highest BCUT2D eigenvalue weighted by atomic mass is 14.6. The van der Waals surface area contributed by atoms with Crippen molar-refractivity contribution in [1.82, 2.24) is 4.98 Å². The summed E-state index contributed by atoms with van der Waals surface area (Å²) in [6.07, 6.45) is 11.3. The van der Waals surface area contributed by atoms with Crippen molar-refractivity contribution in [3.8, 4) is 0 Å². The first-order chi connectivity index (χ1) is 7.68. The maximum absolute atomic E-state index is 5.61. The third kappa shape index (κ3) is 2.01. The van der Waals surface area contributed by atoms with Crippen LogP contribution in [0.2, 0.25) is 0 Å². The molecule has 3 N–H and O–H groups in total. The highest BCUT2D eigenvalue weighted by Crippen LogP contribution is 2.12. The summed E-state index contributed by atoms with van der Waals surface area (Å²) >= 11 is 0. The van der Waals surface area contributed by atoms with Gasteiger partial charge in [-0.05, 0) is 36.6 Å². The molecular weight excluding hydrogens is 196 g/mol. The summed E-state index contributed by atoms with van der Waals surface area (Å²) in [6.45, 7) is 5.76. The van der Waals surface area contributed by atoms with Crippen molar-refractivity contribution < 1.29 is 0 Å². The number of hydrogen-bond donors (Lipinski definition) is 2. The van der Waals surface area contributed by atoms with Crippen LogP contribution in [0.5, 0.6) is 0 Å². The van der Waals surface area contributed by atoms with Crippen LogP contribution in [0.4, 0.5) is 0 Å². The van der Waals surface area contributed by atoms with Gasteiger partial charge in [0.05, 0.1) is 0 Å². The molecule has 2 nitrogen and oxygen atoms in total. The highest BCUT2D eigenvalue weighted by Gasteiger charge is 2.02. The third-order valence-corrected chi connectivity index (χ3v) is 2.64. The first-order valence-electron chi connectivity index (χ1n) is 5.36. The molecule has 0 aromatic carbocycles. The van der Waals surface area contributed by atoms with E-state index in [2.05, 4.69) is 42.8 Å². The van der Waals surface area contributed by atoms with Gasteiger partial charge in [0.2, 0.25) is 0 Å². The van der Waals surface area contributed by atoms with Crippen LogP contribution in [0.15, 0.2) is 48.3 Å². The Morgan fingerprint density at radius 1 is 1.56 bits per heavy atom. The Labute approximate surface area is 95.2 Å². The highest BCUT2D eigenvalue weighted by molar-refractivity contribution is 5.73. The molecule has 0 saturated heterocycles. The van der Waals surface area contributed by atoms with Crippen molar-refractivity contribution >= 4 is 11.6 Å². The van der Waals surface area contributed by atoms with E-state index in [1.807, 2.05) is 12.3 Å². The van der Waals surface area contributed by atoms with Gasteiger partial charge in [0.15, 0.2) is 0 Å². The number of aromatic nitrogens is 1. The number of hydrogen-bond acceptors (Lipinski definition) is 1. The van der Waals surface area contributed by atoms with Gasteiger partial charge in [-0.25, -0.2) is 0 Å². The molecule has 0 radical (unpaired) electrons. The minimum Gasteiger partial charge on any atom is -0.399 e. The fourth-order valence-electron chi connectivity index (χ4n) is 1.95. The fraction of sp³-hybridized carbons (Fsp3) is 0.143. The topological polar surface area (TPSA) is 41.8 Å². The van der Waals surface area contributed by atoms with Crippen molar-refractivity contribution in [2.24, 2.45) is 5.73 Å². The summed E-state index contributed by atoms with van der Waals surface area (Å²) in [5.41, 5.74) is 8.54. The SMILES string of the molecule is C=C(N)/C=C(\C)C1=c2cc[nH]c2=CCC=C1. The van der Waals surface area contributed by atoms with Gasteiger partial charge in [-0.15, -0.1) is 0 Å². The van der Waals surface area contributed by atoms with Crippen molar-refractivity contribution in [2.75, 3.05) is 0 Å². The van der Waals surface area contributed by atoms with Gasteiger partial charge >= 0.3 is 0 Å². The molecule has 1 aliphatic carbocycles. The number of aromatic amines is 1. The summed E-state index contributed by atoms with van der Waals surface area (Å²) < 4.78 is 0. The van der Waals surface area contributed by atoms with Crippen LogP contribution in [0, 0.1) is 0 Å². The van der Waals surface area contributed by atoms with Crippen LogP contribution in [0.1, 0.15) is 13.3 Å². The molecule has 82 valence electrons. The van der Waals surface area contributed by atoms with Gasteiger partial charge in [-0.1, -0.05) is 24.8 Å². The van der Waals surface area contributed by atoms with Crippen molar-refractivity contribution in [3.05, 3.63) is 58.9 Å². The molecule has 0 spiro atoms. The predicted molar refractivity (Wildman–Crippen MR) is 68.8 cm³/mol. The molecule has 0 aliphatic heterocycles. The molecule has 1 aliphatic rings. The maximum Gasteiger partial charge on any atom is 0.0422 e. The van der Waals surface area contributed by atoms with E-state index in [9.17, 15) is 0 Å². The monoisotopic (exact) mass is 212 g/mol. The molecule has 0 atom stereocenters. The second-order valence-electron chi connectivity index (χ2n) is 3.96. The van der Waals surface area contributed by atoms with Gasteiger partial charge in [0, 0.05) is 22.5 Å². The van der Waals surface area contributed by atoms with Crippen LogP contribution < -0.4 is 16.3 Å². The van der Waals surface area contributed by atoms with Gasteiger partial charge in [-0.2, -0.15) is 0 Å². The molecule has 16 heavy (non-hydrogen) atoms. The van der Waals surface area contributed by atoms with Crippen molar-refractivity contribution in [2.45, 2.75) is 13.3 Å². The number of nitrogens with one attached hydrogen (secondary N) is 1. The first kappa shape index (κ1) is 10.6. The van der Waals surface area contributed by atoms with Crippen LogP contribution in [-0.4, -0.2) is 4.98 Å². The number of fused-ring (bicyclic) bond motifs is 1. The van der Waals surface area contributed by atoms with E-state index < -0.39 is 0 Å². The van der Waals surface area contributed by atoms with E-state index in [-0.39, 0.29) is 0 Å². The second kappa shape index (κ2) is 4.27. The molecule has 1 heterocycles. The molecule has 0 fully saturated rings. The van der Waals surface area contributed by atoms with Gasteiger partial charge in [-0.3, -0.25) is 0 Å². The summed E-state index contributed by atoms with van der Waals surface area (Å²) in [5, 5.41) is 2.40. The Balaban J connectivity index is 2.68. The Morgan fingerprint density at radius 3 is 3.12 bits per heavy atom. The van der Waals surface area contributed by atoms with Crippen LogP contribution >= 0.6 is 0 Å². The zero-order valence-corrected chi connectivity index (χ0v) is 9.46. The Kier molecular flexibility index (Phi) is 2.82. The van der Waals surface area contributed by atoms with Gasteiger partial charge in [0.25, 0.3) is 0 Å². The quantitative estimate of drug-likeness (QED) is 0.713. The van der Waals surface area contributed by atoms with Crippen LogP contribution in [0.3, 0.4) is 0 Å². The third-order valence-electron chi connectivity index (χ3n) is 2.64. The largest absolute Gasteiger partial charge is 0.399 e. The normalized spacial score (nSPS) is 15.3. The smallest absolute Gasteiger partial charge is 0.0422 e. The second-order valence-corrected chi connectivity index (χ2v) is 3.96. The lowest BCUT2D eigenvalue weighted by Crippen LogP contribution is -2.24. The van der Waals surface area contributed by atoms with Crippen molar-refractivity contribution in [1.29, 1.82) is 0 Å². The predicted octanol–water partition coefficient (Wildman–Crippen LogP) is 1.32. The van der Waals surface area contributed by atoms with Crippen molar-refractivity contribution in [3.63, 3.8) is 0 Å². The van der Waals surface area contributed by atoms with E-state index in [4.69, 9.17) is 5.73 Å². The van der Waals surface area contributed by atoms with Crippen LogP contribution in [-0.2, 0) is 0 Å². The number of H-pyrrole nitrogens is 1. The van der Waals surface area contributed by atoms with E-state index in [0.29, 0.717) is 5.70 Å². The number of allylic oxidation sites excluding steroid dienone is 4. The Morgan fingerprint density at radius 2 is 2.38 bits per heavy atom. The average molecular weight is 212 g/mol. The molecular formula is C14H16N2. The van der Waals surface area contributed by atoms with E-state index in [1.54, 1.807) is 0 Å². The standard InChI is InChI=1S/C14H16N2/c1-10(9-11(2)15)12-5-3-4-6-14-13(12)7-8-16-14/h3,5-9,16H,2,4,15H2,1H3/b10-9+. The molecule has 1 aromatic heterocycles. The summed E-state index contributed by atoms with van der Waals surface area (Å²) in [5.74, 6) is 0. The van der Waals surface area contributed by atoms with E-state index in [1.165, 1.54) is 16.1 Å². The summed E-state index contributed by atoms with van der Waals surface area (Å²) in [7, 11) is 0. The molecule has 2 heteroatoms. The molecule has 0 unspecified atom stereocenters. The Bertz CT molecular complexity index is 582.